The Morgan fingerprint density at radius 2 is 1.96 bits per heavy atom. The lowest BCUT2D eigenvalue weighted by Crippen LogP contribution is -2.45. The lowest BCUT2D eigenvalue weighted by atomic mass is 10.0. The Balaban J connectivity index is 1.90. The molecule has 0 saturated heterocycles. The first-order chi connectivity index (χ1) is 11.2. The molecule has 1 aromatic carbocycles. The van der Waals surface area contributed by atoms with E-state index < -0.39 is 5.54 Å². The fourth-order valence-corrected chi connectivity index (χ4v) is 2.13. The number of nitrogens with zero attached hydrogens (tertiary/aromatic N) is 2. The number of nitrogens with two attached hydrogens (primary N) is 1. The van der Waals surface area contributed by atoms with E-state index in [1.54, 1.807) is 0 Å². The molecule has 0 fully saturated rings. The van der Waals surface area contributed by atoms with Crippen LogP contribution in [0, 0.1) is 0 Å². The summed E-state index contributed by atoms with van der Waals surface area (Å²) in [5.41, 5.74) is 7.58. The molecule has 0 aliphatic rings. The smallest absolute Gasteiger partial charge is 0.227 e. The van der Waals surface area contributed by atoms with Crippen molar-refractivity contribution in [1.82, 2.24) is 15.5 Å². The van der Waals surface area contributed by atoms with E-state index in [9.17, 15) is 4.79 Å². The molecule has 0 unspecified atom stereocenters. The Kier molecular flexibility index (Phi) is 5.72. The summed E-state index contributed by atoms with van der Waals surface area (Å²) < 4.78 is 5.23. The highest BCUT2D eigenvalue weighted by atomic mass is 16.5. The van der Waals surface area contributed by atoms with Gasteiger partial charge < -0.3 is 15.6 Å². The zero-order valence-corrected chi connectivity index (χ0v) is 14.8. The molecule has 0 aliphatic carbocycles. The van der Waals surface area contributed by atoms with Crippen molar-refractivity contribution >= 4 is 5.91 Å². The number of hydrogen-bond acceptors (Lipinski definition) is 5. The second kappa shape index (κ2) is 7.57. The molecule has 130 valence electrons. The van der Waals surface area contributed by atoms with Gasteiger partial charge in [0, 0.05) is 30.5 Å². The van der Waals surface area contributed by atoms with E-state index in [-0.39, 0.29) is 5.91 Å². The van der Waals surface area contributed by atoms with Gasteiger partial charge in [-0.15, -0.1) is 0 Å². The maximum atomic E-state index is 11.8. The van der Waals surface area contributed by atoms with Gasteiger partial charge in [0.05, 0.1) is 0 Å². The molecule has 0 radical (unpaired) electrons. The van der Waals surface area contributed by atoms with E-state index in [4.69, 9.17) is 10.3 Å². The second-order valence-electron chi connectivity index (χ2n) is 7.05. The summed E-state index contributed by atoms with van der Waals surface area (Å²) in [6.45, 7) is 8.46. The number of aromatic nitrogens is 2. The number of hydrogen-bond donors (Lipinski definition) is 2. The predicted molar refractivity (Wildman–Crippen MR) is 93.4 cm³/mol. The van der Waals surface area contributed by atoms with Gasteiger partial charge in [-0.05, 0) is 25.3 Å². The van der Waals surface area contributed by atoms with Crippen molar-refractivity contribution in [2.24, 2.45) is 5.73 Å². The molecule has 3 N–H and O–H groups in total. The monoisotopic (exact) mass is 330 g/mol. The molecule has 0 aliphatic heterocycles. The molecule has 6 heteroatoms. The van der Waals surface area contributed by atoms with Crippen LogP contribution in [0.4, 0.5) is 0 Å². The number of rotatable bonds is 7. The lowest BCUT2D eigenvalue weighted by Gasteiger charge is -2.18. The first kappa shape index (κ1) is 18.1. The van der Waals surface area contributed by atoms with Gasteiger partial charge in [0.1, 0.15) is 0 Å². The van der Waals surface area contributed by atoms with Crippen LogP contribution in [0.3, 0.4) is 0 Å². The van der Waals surface area contributed by atoms with Crippen LogP contribution in [0.1, 0.15) is 51.5 Å². The minimum Gasteiger partial charge on any atom is -0.354 e. The van der Waals surface area contributed by atoms with Crippen molar-refractivity contribution in [2.45, 2.75) is 52.0 Å². The molecule has 2 aromatic rings. The minimum atomic E-state index is -0.421. The molecule has 0 bridgehead atoms. The molecule has 2 rings (SSSR count). The summed E-state index contributed by atoms with van der Waals surface area (Å²) in [4.78, 5) is 16.1. The topological polar surface area (TPSA) is 94.0 Å². The average Bonchev–Trinajstić information content (AvgIpc) is 2.99. The SMILES string of the molecule is CC(C)c1ccc(-c2noc(CCC(=O)NCC(C)(C)N)n2)cc1. The van der Waals surface area contributed by atoms with Crippen LogP contribution >= 0.6 is 0 Å². The Hall–Kier alpha value is -2.21. The Labute approximate surface area is 142 Å². The molecule has 0 saturated carbocycles. The normalized spacial score (nSPS) is 11.8. The minimum absolute atomic E-state index is 0.0745. The summed E-state index contributed by atoms with van der Waals surface area (Å²) in [6.07, 6.45) is 0.706. The predicted octanol–water partition coefficient (Wildman–Crippen LogP) is 2.65. The van der Waals surface area contributed by atoms with Gasteiger partial charge in [-0.2, -0.15) is 4.98 Å². The number of benzene rings is 1. The van der Waals surface area contributed by atoms with E-state index in [0.29, 0.717) is 37.0 Å². The van der Waals surface area contributed by atoms with Crippen molar-refractivity contribution in [3.8, 4) is 11.4 Å². The third-order valence-electron chi connectivity index (χ3n) is 3.61. The van der Waals surface area contributed by atoms with Crippen molar-refractivity contribution < 1.29 is 9.32 Å². The van der Waals surface area contributed by atoms with Crippen molar-refractivity contribution in [3.05, 3.63) is 35.7 Å². The zero-order valence-electron chi connectivity index (χ0n) is 14.8. The van der Waals surface area contributed by atoms with Crippen LogP contribution < -0.4 is 11.1 Å². The van der Waals surface area contributed by atoms with Gasteiger partial charge >= 0.3 is 0 Å². The van der Waals surface area contributed by atoms with E-state index >= 15 is 0 Å². The Morgan fingerprint density at radius 1 is 1.29 bits per heavy atom. The van der Waals surface area contributed by atoms with E-state index in [0.717, 1.165) is 5.56 Å². The standard InChI is InChI=1S/C18H26N4O2/c1-12(2)13-5-7-14(8-6-13)17-21-16(24-22-17)10-9-15(23)20-11-18(3,4)19/h5-8,12H,9-11,19H2,1-4H3,(H,20,23). The molecule has 0 atom stereocenters. The third kappa shape index (κ3) is 5.45. The van der Waals surface area contributed by atoms with Gasteiger partial charge in [0.2, 0.25) is 17.6 Å². The highest BCUT2D eigenvalue weighted by molar-refractivity contribution is 5.76. The van der Waals surface area contributed by atoms with Gasteiger partial charge in [-0.1, -0.05) is 43.3 Å². The van der Waals surface area contributed by atoms with Crippen molar-refractivity contribution in [2.75, 3.05) is 6.54 Å². The molecular weight excluding hydrogens is 304 g/mol. The van der Waals surface area contributed by atoms with Crippen LogP contribution in [0.15, 0.2) is 28.8 Å². The molecule has 1 aromatic heterocycles. The summed E-state index contributed by atoms with van der Waals surface area (Å²) in [6, 6.07) is 8.11. The Bertz CT molecular complexity index is 669. The van der Waals surface area contributed by atoms with Crippen LogP contribution in [0.5, 0.6) is 0 Å². The molecule has 0 spiro atoms. The van der Waals surface area contributed by atoms with E-state index in [2.05, 4.69) is 41.4 Å². The summed E-state index contributed by atoms with van der Waals surface area (Å²) in [7, 11) is 0. The van der Waals surface area contributed by atoms with Crippen LogP contribution in [-0.4, -0.2) is 28.1 Å². The van der Waals surface area contributed by atoms with Crippen molar-refractivity contribution in [1.29, 1.82) is 0 Å². The van der Waals surface area contributed by atoms with Gasteiger partial charge in [-0.25, -0.2) is 0 Å². The fraction of sp³-hybridized carbons (Fsp3) is 0.500. The van der Waals surface area contributed by atoms with Gasteiger partial charge in [0.25, 0.3) is 0 Å². The lowest BCUT2D eigenvalue weighted by molar-refractivity contribution is -0.121. The highest BCUT2D eigenvalue weighted by Crippen LogP contribution is 2.20. The maximum Gasteiger partial charge on any atom is 0.227 e. The number of amides is 1. The molecular formula is C18H26N4O2. The summed E-state index contributed by atoms with van der Waals surface area (Å²) in [5, 5.41) is 6.78. The Morgan fingerprint density at radius 3 is 2.54 bits per heavy atom. The molecule has 6 nitrogen and oxygen atoms in total. The first-order valence-electron chi connectivity index (χ1n) is 8.23. The quantitative estimate of drug-likeness (QED) is 0.814. The number of nitrogens with one attached hydrogen (secondary N) is 1. The summed E-state index contributed by atoms with van der Waals surface area (Å²) in [5.74, 6) is 1.41. The number of aryl methyl sites for hydroxylation is 1. The number of carbonyl (C=O) groups excluding carboxylic acids is 1. The molecule has 1 heterocycles. The highest BCUT2D eigenvalue weighted by Gasteiger charge is 2.14. The second-order valence-corrected chi connectivity index (χ2v) is 7.05. The first-order valence-corrected chi connectivity index (χ1v) is 8.23. The third-order valence-corrected chi connectivity index (χ3v) is 3.61. The van der Waals surface area contributed by atoms with Gasteiger partial charge in [0.15, 0.2) is 0 Å². The summed E-state index contributed by atoms with van der Waals surface area (Å²) >= 11 is 0. The van der Waals surface area contributed by atoms with Gasteiger partial charge in [-0.3, -0.25) is 4.79 Å². The zero-order chi connectivity index (χ0) is 17.7. The van der Waals surface area contributed by atoms with Crippen LogP contribution in [0.2, 0.25) is 0 Å². The molecule has 1 amide bonds. The van der Waals surface area contributed by atoms with Crippen LogP contribution in [-0.2, 0) is 11.2 Å². The van der Waals surface area contributed by atoms with E-state index in [1.165, 1.54) is 5.56 Å². The number of carbonyl (C=O) groups is 1. The van der Waals surface area contributed by atoms with Crippen LogP contribution in [0.25, 0.3) is 11.4 Å². The largest absolute Gasteiger partial charge is 0.354 e. The fourth-order valence-electron chi connectivity index (χ4n) is 2.13. The van der Waals surface area contributed by atoms with Crippen molar-refractivity contribution in [3.63, 3.8) is 0 Å². The maximum absolute atomic E-state index is 11.8. The van der Waals surface area contributed by atoms with E-state index in [1.807, 2.05) is 26.0 Å². The molecule has 24 heavy (non-hydrogen) atoms. The average molecular weight is 330 g/mol.